The van der Waals surface area contributed by atoms with Crippen LogP contribution in [-0.2, 0) is 16.6 Å². The Morgan fingerprint density at radius 2 is 1.18 bits per heavy atom. The maximum atomic E-state index is 2.46. The van der Waals surface area contributed by atoms with Gasteiger partial charge in [0.15, 0.2) is 0 Å². The van der Waals surface area contributed by atoms with Gasteiger partial charge in [-0.05, 0) is 0 Å². The van der Waals surface area contributed by atoms with Gasteiger partial charge >= 0.3 is 109 Å². The van der Waals surface area contributed by atoms with Crippen molar-refractivity contribution in [3.63, 3.8) is 0 Å². The second kappa shape index (κ2) is 3.83. The Balaban J connectivity index is 2.01. The predicted octanol–water partition coefficient (Wildman–Crippen LogP) is 5.24. The molecule has 2 aliphatic carbocycles. The molecule has 1 heterocycles. The number of hydrogen-bond donors (Lipinski definition) is 0. The molecule has 17 heavy (non-hydrogen) atoms. The summed E-state index contributed by atoms with van der Waals surface area (Å²) in [7, 11) is 0. The molecule has 1 aliphatic heterocycles. The molecular weight excluding hydrogens is 240 g/mol. The second-order valence-electron chi connectivity index (χ2n) is 5.97. The molecule has 0 bridgehead atoms. The van der Waals surface area contributed by atoms with Gasteiger partial charge in [0.25, 0.3) is 0 Å². The summed E-state index contributed by atoms with van der Waals surface area (Å²) in [6.45, 7) is 9.31. The van der Waals surface area contributed by atoms with Gasteiger partial charge < -0.3 is 0 Å². The van der Waals surface area contributed by atoms with Crippen LogP contribution in [0.3, 0.4) is 0 Å². The molecular formula is C16H22Ti. The van der Waals surface area contributed by atoms with Crippen molar-refractivity contribution in [3.05, 3.63) is 42.2 Å². The van der Waals surface area contributed by atoms with E-state index in [9.17, 15) is 0 Å². The zero-order chi connectivity index (χ0) is 12.2. The van der Waals surface area contributed by atoms with E-state index in [0.717, 1.165) is 0 Å². The first-order chi connectivity index (χ1) is 8.06. The SMILES string of the molecule is CC1=CC[C]([Ti]2([C]3=C(C)C(C)=CC3)[CH2][CH2]2)=C1C. The number of hydrogen-bond acceptors (Lipinski definition) is 0. The first-order valence-corrected chi connectivity index (χ1v) is 10.6. The summed E-state index contributed by atoms with van der Waals surface area (Å²) in [5, 5.41) is 0. The van der Waals surface area contributed by atoms with Crippen molar-refractivity contribution in [2.75, 3.05) is 0 Å². The number of rotatable bonds is 2. The Labute approximate surface area is 109 Å². The predicted molar refractivity (Wildman–Crippen MR) is 71.8 cm³/mol. The molecule has 90 valence electrons. The summed E-state index contributed by atoms with van der Waals surface area (Å²) in [5.74, 6) is 0. The molecule has 0 saturated carbocycles. The summed E-state index contributed by atoms with van der Waals surface area (Å²) in [4.78, 5) is 0. The normalized spacial score (nSPS) is 26.6. The van der Waals surface area contributed by atoms with Crippen molar-refractivity contribution in [1.29, 1.82) is 0 Å². The van der Waals surface area contributed by atoms with E-state index in [1.807, 2.05) is 7.76 Å². The first-order valence-electron chi connectivity index (χ1n) is 6.81. The molecule has 0 N–H and O–H groups in total. The summed E-state index contributed by atoms with van der Waals surface area (Å²) in [5.41, 5.74) is 6.43. The number of allylic oxidation sites excluding steroid dienone is 8. The van der Waals surface area contributed by atoms with Crippen LogP contribution in [0.2, 0.25) is 9.45 Å². The van der Waals surface area contributed by atoms with Crippen molar-refractivity contribution in [1.82, 2.24) is 0 Å². The van der Waals surface area contributed by atoms with Crippen LogP contribution in [0.1, 0.15) is 40.5 Å². The van der Waals surface area contributed by atoms with Crippen molar-refractivity contribution in [2.45, 2.75) is 50.0 Å². The van der Waals surface area contributed by atoms with Gasteiger partial charge in [-0.1, -0.05) is 0 Å². The Hall–Kier alpha value is -0.326. The minimum absolute atomic E-state index is 1.29. The quantitative estimate of drug-likeness (QED) is 0.597. The monoisotopic (exact) mass is 262 g/mol. The second-order valence-corrected chi connectivity index (χ2v) is 12.8. The zero-order valence-corrected chi connectivity index (χ0v) is 13.0. The van der Waals surface area contributed by atoms with Gasteiger partial charge in [-0.25, -0.2) is 0 Å². The van der Waals surface area contributed by atoms with E-state index in [1.54, 1.807) is 31.7 Å². The van der Waals surface area contributed by atoms with Crippen LogP contribution in [0.15, 0.2) is 42.2 Å². The van der Waals surface area contributed by atoms with E-state index in [1.165, 1.54) is 12.8 Å². The van der Waals surface area contributed by atoms with E-state index in [2.05, 4.69) is 39.8 Å². The van der Waals surface area contributed by atoms with E-state index in [-0.39, 0.29) is 0 Å². The molecule has 0 atom stereocenters. The van der Waals surface area contributed by atoms with Gasteiger partial charge in [0, 0.05) is 0 Å². The third kappa shape index (κ3) is 1.61. The molecule has 0 amide bonds. The Kier molecular flexibility index (Phi) is 2.65. The van der Waals surface area contributed by atoms with Gasteiger partial charge in [-0.3, -0.25) is 0 Å². The van der Waals surface area contributed by atoms with E-state index in [0.29, 0.717) is 0 Å². The molecule has 0 unspecified atom stereocenters. The van der Waals surface area contributed by atoms with Crippen LogP contribution >= 0.6 is 0 Å². The van der Waals surface area contributed by atoms with Crippen molar-refractivity contribution < 1.29 is 16.6 Å². The van der Waals surface area contributed by atoms with Crippen molar-refractivity contribution in [2.24, 2.45) is 0 Å². The molecule has 0 aromatic rings. The summed E-state index contributed by atoms with van der Waals surface area (Å²) >= 11 is -1.71. The fraction of sp³-hybridized carbons (Fsp3) is 0.500. The van der Waals surface area contributed by atoms with Gasteiger partial charge in [0.1, 0.15) is 0 Å². The molecule has 3 rings (SSSR count). The molecule has 0 spiro atoms. The molecule has 3 aliphatic rings. The van der Waals surface area contributed by atoms with Crippen LogP contribution in [0.4, 0.5) is 0 Å². The average Bonchev–Trinajstić information content (AvgIpc) is 2.93. The molecule has 0 nitrogen and oxygen atoms in total. The summed E-state index contributed by atoms with van der Waals surface area (Å²) in [6, 6.07) is 0. The Morgan fingerprint density at radius 1 is 0.765 bits per heavy atom. The third-order valence-electron chi connectivity index (χ3n) is 5.22. The van der Waals surface area contributed by atoms with Crippen molar-refractivity contribution >= 4 is 0 Å². The fourth-order valence-corrected chi connectivity index (χ4v) is 12.5. The molecule has 1 fully saturated rings. The standard InChI is InChI=1S/2C7H9.C2H4.Ti/c2*1-6-4-3-5-7(6)2;1-2;/h2*4H,3H2,1-2H3;1-2H2;. The Morgan fingerprint density at radius 3 is 1.41 bits per heavy atom. The van der Waals surface area contributed by atoms with Gasteiger partial charge in [-0.15, -0.1) is 0 Å². The summed E-state index contributed by atoms with van der Waals surface area (Å²) in [6.07, 6.45) is 7.49. The fourth-order valence-electron chi connectivity index (χ4n) is 3.62. The van der Waals surface area contributed by atoms with Gasteiger partial charge in [0.2, 0.25) is 0 Å². The van der Waals surface area contributed by atoms with Gasteiger partial charge in [-0.2, -0.15) is 0 Å². The van der Waals surface area contributed by atoms with Crippen molar-refractivity contribution in [3.8, 4) is 0 Å². The topological polar surface area (TPSA) is 0 Å². The Bertz CT molecular complexity index is 464. The third-order valence-corrected chi connectivity index (χ3v) is 13.0. The van der Waals surface area contributed by atoms with Crippen LogP contribution in [0.25, 0.3) is 0 Å². The van der Waals surface area contributed by atoms with Crippen LogP contribution in [0, 0.1) is 0 Å². The average molecular weight is 262 g/mol. The van der Waals surface area contributed by atoms with Crippen LogP contribution in [0.5, 0.6) is 0 Å². The van der Waals surface area contributed by atoms with E-state index >= 15 is 0 Å². The minimum atomic E-state index is -1.71. The molecule has 1 saturated heterocycles. The van der Waals surface area contributed by atoms with E-state index < -0.39 is 16.6 Å². The van der Waals surface area contributed by atoms with Crippen LogP contribution in [-0.4, -0.2) is 0 Å². The molecule has 0 radical (unpaired) electrons. The molecule has 0 aromatic carbocycles. The summed E-state index contributed by atoms with van der Waals surface area (Å²) < 4.78 is 6.98. The maximum absolute atomic E-state index is 2.46. The van der Waals surface area contributed by atoms with Crippen LogP contribution < -0.4 is 0 Å². The molecule has 1 heteroatoms. The van der Waals surface area contributed by atoms with E-state index in [4.69, 9.17) is 0 Å². The zero-order valence-electron chi connectivity index (χ0n) is 11.5. The first kappa shape index (κ1) is 11.7. The van der Waals surface area contributed by atoms with Gasteiger partial charge in [0.05, 0.1) is 0 Å². The molecule has 0 aromatic heterocycles.